The van der Waals surface area contributed by atoms with Crippen LogP contribution in [0, 0.1) is 0 Å². The van der Waals surface area contributed by atoms with E-state index in [0.717, 1.165) is 11.3 Å². The predicted molar refractivity (Wildman–Crippen MR) is 32.9 cm³/mol. The van der Waals surface area contributed by atoms with E-state index in [1.807, 2.05) is 21.8 Å². The van der Waals surface area contributed by atoms with Crippen LogP contribution in [0.1, 0.15) is 0 Å². The number of aromatic nitrogens is 1. The molecule has 0 saturated heterocycles. The van der Waals surface area contributed by atoms with Gasteiger partial charge in [-0.3, -0.25) is 0 Å². The van der Waals surface area contributed by atoms with Crippen LogP contribution in [0.15, 0.2) is 10.6 Å². The summed E-state index contributed by atoms with van der Waals surface area (Å²) in [6.45, 7) is 0. The highest BCUT2D eigenvalue weighted by molar-refractivity contribution is 6.35. The molecule has 4 heteroatoms. The molecule has 34 valence electrons. The van der Waals surface area contributed by atoms with E-state index in [1.165, 1.54) is 0 Å². The molecule has 0 atom stereocenters. The molecule has 2 nitrogen and oxygen atoms in total. The van der Waals surface area contributed by atoms with E-state index in [0.29, 0.717) is 0 Å². The second-order valence-electron chi connectivity index (χ2n) is 1.58. The predicted octanol–water partition coefficient (Wildman–Crippen LogP) is -2.81. The van der Waals surface area contributed by atoms with Crippen molar-refractivity contribution in [3.8, 4) is 0 Å². The van der Waals surface area contributed by atoms with Gasteiger partial charge in [-0.05, 0) is 6.07 Å². The molecule has 0 bridgehead atoms. The third kappa shape index (κ3) is 0.856. The Balaban J connectivity index is 3.04. The first-order chi connectivity index (χ1) is 3.29. The van der Waals surface area contributed by atoms with E-state index in [-0.39, 0.29) is 0 Å². The van der Waals surface area contributed by atoms with Crippen LogP contribution in [0.5, 0.6) is 0 Å². The molecule has 0 fully saturated rings. The van der Waals surface area contributed by atoms with Gasteiger partial charge in [0.2, 0.25) is 0 Å². The molecule has 0 aliphatic rings. The molecule has 0 saturated carbocycles. The van der Waals surface area contributed by atoms with E-state index in [9.17, 15) is 0 Å². The van der Waals surface area contributed by atoms with Gasteiger partial charge in [-0.15, -0.1) is 0 Å². The van der Waals surface area contributed by atoms with Gasteiger partial charge in [0.1, 0.15) is 0 Å². The normalized spacial score (nSPS) is 9.14. The molecule has 0 amide bonds. The van der Waals surface area contributed by atoms with E-state index >= 15 is 0 Å². The summed E-state index contributed by atoms with van der Waals surface area (Å²) < 4.78 is 4.71. The van der Waals surface area contributed by atoms with Crippen LogP contribution in [0.2, 0.25) is 0 Å². The average molecular weight is 92.7 g/mol. The lowest BCUT2D eigenvalue weighted by molar-refractivity contribution is 0.452. The van der Waals surface area contributed by atoms with Gasteiger partial charge < -0.3 is 4.52 Å². The standard InChI is InChI=1S/C3H5B2NO/c4-2-1-3(5)7-6-2/h1H,4-5H2. The van der Waals surface area contributed by atoms with E-state index < -0.39 is 0 Å². The molecule has 1 aromatic heterocycles. The maximum Gasteiger partial charge on any atom is 0.190 e. The van der Waals surface area contributed by atoms with Crippen molar-refractivity contribution in [2.45, 2.75) is 0 Å². The van der Waals surface area contributed by atoms with Gasteiger partial charge in [0, 0.05) is 5.59 Å². The van der Waals surface area contributed by atoms with Crippen LogP contribution < -0.4 is 11.3 Å². The summed E-state index contributed by atoms with van der Waals surface area (Å²) in [7, 11) is 3.77. The average Bonchev–Trinajstić information content (AvgIpc) is 1.87. The molecule has 0 N–H and O–H groups in total. The molecule has 0 spiro atoms. The number of rotatable bonds is 0. The summed E-state index contributed by atoms with van der Waals surface area (Å²) in [5.41, 5.74) is 1.81. The third-order valence-electron chi connectivity index (χ3n) is 0.746. The van der Waals surface area contributed by atoms with E-state index in [1.54, 1.807) is 0 Å². The van der Waals surface area contributed by atoms with Crippen molar-refractivity contribution >= 4 is 26.9 Å². The van der Waals surface area contributed by atoms with Crippen molar-refractivity contribution in [2.24, 2.45) is 0 Å². The topological polar surface area (TPSA) is 26.0 Å². The summed E-state index contributed by atoms with van der Waals surface area (Å²) in [5.74, 6) is 0. The Hall–Kier alpha value is -0.660. The molecule has 1 heterocycles. The third-order valence-corrected chi connectivity index (χ3v) is 0.746. The largest absolute Gasteiger partial charge is 0.373 e. The van der Waals surface area contributed by atoms with Crippen LogP contribution in [0.25, 0.3) is 0 Å². The summed E-state index contributed by atoms with van der Waals surface area (Å²) >= 11 is 0. The molecule has 7 heavy (non-hydrogen) atoms. The smallest absolute Gasteiger partial charge is 0.190 e. The number of hydrogen-bond donors (Lipinski definition) is 0. The maximum absolute atomic E-state index is 4.71. The highest BCUT2D eigenvalue weighted by Gasteiger charge is 1.88. The minimum absolute atomic E-state index is 0.873. The van der Waals surface area contributed by atoms with Crippen molar-refractivity contribution < 1.29 is 4.52 Å². The monoisotopic (exact) mass is 93.1 g/mol. The second kappa shape index (κ2) is 1.45. The van der Waals surface area contributed by atoms with Crippen LogP contribution in [-0.2, 0) is 0 Å². The second-order valence-corrected chi connectivity index (χ2v) is 1.58. The lowest BCUT2D eigenvalue weighted by Crippen LogP contribution is -2.02. The fourth-order valence-corrected chi connectivity index (χ4v) is 0.491. The van der Waals surface area contributed by atoms with Crippen molar-refractivity contribution in [2.75, 3.05) is 0 Å². The Bertz CT molecular complexity index is 145. The summed E-state index contributed by atoms with van der Waals surface area (Å²) in [6.07, 6.45) is 0. The molecule has 0 aliphatic carbocycles. The van der Waals surface area contributed by atoms with Crippen molar-refractivity contribution in [3.05, 3.63) is 6.07 Å². The van der Waals surface area contributed by atoms with Gasteiger partial charge in [-0.1, -0.05) is 5.16 Å². The zero-order valence-corrected chi connectivity index (χ0v) is 4.43. The zero-order chi connectivity index (χ0) is 5.28. The van der Waals surface area contributed by atoms with Gasteiger partial charge >= 0.3 is 0 Å². The Morgan fingerprint density at radius 1 is 1.57 bits per heavy atom. The molecule has 0 aliphatic heterocycles. The van der Waals surface area contributed by atoms with Gasteiger partial charge in [-0.2, -0.15) is 0 Å². The van der Waals surface area contributed by atoms with Crippen LogP contribution in [0.3, 0.4) is 0 Å². The lowest BCUT2D eigenvalue weighted by atomic mass is 10.00. The Kier molecular flexibility index (Phi) is 0.929. The quantitative estimate of drug-likeness (QED) is 0.323. The van der Waals surface area contributed by atoms with Crippen molar-refractivity contribution in [3.63, 3.8) is 0 Å². The SMILES string of the molecule is Bc1cc(B)on1. The fourth-order valence-electron chi connectivity index (χ4n) is 0.491. The highest BCUT2D eigenvalue weighted by atomic mass is 16.5. The summed E-state index contributed by atoms with van der Waals surface area (Å²) in [5, 5.41) is 3.64. The van der Waals surface area contributed by atoms with Gasteiger partial charge in [0.15, 0.2) is 15.7 Å². The van der Waals surface area contributed by atoms with Gasteiger partial charge in [0.25, 0.3) is 0 Å². The molecule has 1 rings (SSSR count). The first-order valence-corrected chi connectivity index (χ1v) is 2.19. The molecule has 0 unspecified atom stereocenters. The zero-order valence-electron chi connectivity index (χ0n) is 4.43. The Morgan fingerprint density at radius 3 is 2.43 bits per heavy atom. The maximum atomic E-state index is 4.71. The number of hydrogen-bond acceptors (Lipinski definition) is 2. The molecular weight excluding hydrogens is 87.7 g/mol. The van der Waals surface area contributed by atoms with Crippen LogP contribution in [-0.4, -0.2) is 20.8 Å². The molecular formula is C3H5B2NO. The lowest BCUT2D eigenvalue weighted by Gasteiger charge is -1.65. The highest BCUT2D eigenvalue weighted by Crippen LogP contribution is 1.63. The Morgan fingerprint density at radius 2 is 2.29 bits per heavy atom. The minimum Gasteiger partial charge on any atom is -0.373 e. The van der Waals surface area contributed by atoms with Crippen molar-refractivity contribution in [1.82, 2.24) is 5.16 Å². The van der Waals surface area contributed by atoms with Crippen LogP contribution >= 0.6 is 0 Å². The Labute approximate surface area is 43.7 Å². The molecule has 0 radical (unpaired) electrons. The first-order valence-electron chi connectivity index (χ1n) is 2.19. The number of nitrogens with zero attached hydrogens (tertiary/aromatic N) is 1. The van der Waals surface area contributed by atoms with Gasteiger partial charge in [-0.25, -0.2) is 0 Å². The van der Waals surface area contributed by atoms with Gasteiger partial charge in [0.05, 0.1) is 5.66 Å². The summed E-state index contributed by atoms with van der Waals surface area (Å²) in [4.78, 5) is 0. The minimum atomic E-state index is 0.873. The molecule has 1 aromatic rings. The van der Waals surface area contributed by atoms with Crippen LogP contribution in [0.4, 0.5) is 0 Å². The van der Waals surface area contributed by atoms with E-state index in [4.69, 9.17) is 4.52 Å². The van der Waals surface area contributed by atoms with Crippen molar-refractivity contribution in [1.29, 1.82) is 0 Å². The first kappa shape index (κ1) is 4.50. The molecule has 0 aromatic carbocycles. The van der Waals surface area contributed by atoms with E-state index in [2.05, 4.69) is 5.16 Å². The summed E-state index contributed by atoms with van der Waals surface area (Å²) in [6, 6.07) is 1.89. The fraction of sp³-hybridized carbons (Fsp3) is 0.